The molecule has 1 saturated carbocycles. The SMILES string of the molecule is CC(=O)NC1(C)CC(Nc2ncc3c(-c4cnc5nc(C)n(CC(F)F)c5n4)c[nH]c3n2)C1. The number of nitrogens with zero attached hydrogens (tertiary/aromatic N) is 6. The van der Waals surface area contributed by atoms with Crippen molar-refractivity contribution >= 4 is 34.2 Å². The summed E-state index contributed by atoms with van der Waals surface area (Å²) < 4.78 is 27.4. The van der Waals surface area contributed by atoms with Gasteiger partial charge < -0.3 is 20.2 Å². The van der Waals surface area contributed by atoms with Gasteiger partial charge in [0.05, 0.1) is 18.4 Å². The van der Waals surface area contributed by atoms with Crippen molar-refractivity contribution in [1.29, 1.82) is 0 Å². The quantitative estimate of drug-likeness (QED) is 0.408. The maximum atomic E-state index is 13.0. The van der Waals surface area contributed by atoms with Gasteiger partial charge in [-0.25, -0.2) is 28.7 Å². The molecule has 0 spiro atoms. The first-order valence-corrected chi connectivity index (χ1v) is 10.6. The highest BCUT2D eigenvalue weighted by Crippen LogP contribution is 2.34. The highest BCUT2D eigenvalue weighted by atomic mass is 19.3. The third-order valence-corrected chi connectivity index (χ3v) is 5.88. The van der Waals surface area contributed by atoms with E-state index in [2.05, 4.69) is 40.5 Å². The van der Waals surface area contributed by atoms with Gasteiger partial charge >= 0.3 is 0 Å². The first kappa shape index (κ1) is 21.2. The number of rotatable bonds is 6. The highest BCUT2D eigenvalue weighted by Gasteiger charge is 2.41. The minimum absolute atomic E-state index is 0.0405. The Hall–Kier alpha value is -3.70. The molecule has 4 aromatic heterocycles. The average Bonchev–Trinajstić information content (AvgIpc) is 3.26. The number of fused-ring (bicyclic) bond motifs is 2. The van der Waals surface area contributed by atoms with Gasteiger partial charge in [-0.2, -0.15) is 4.98 Å². The average molecular weight is 455 g/mol. The van der Waals surface area contributed by atoms with Crippen molar-refractivity contribution in [2.75, 3.05) is 5.32 Å². The van der Waals surface area contributed by atoms with Gasteiger partial charge in [0.15, 0.2) is 11.3 Å². The lowest BCUT2D eigenvalue weighted by Gasteiger charge is -2.45. The number of carbonyl (C=O) groups is 1. The van der Waals surface area contributed by atoms with Crippen molar-refractivity contribution in [3.63, 3.8) is 0 Å². The molecule has 0 saturated heterocycles. The summed E-state index contributed by atoms with van der Waals surface area (Å²) >= 11 is 0. The normalized spacial score (nSPS) is 20.4. The van der Waals surface area contributed by atoms with Crippen LogP contribution in [0.15, 0.2) is 18.6 Å². The van der Waals surface area contributed by atoms with E-state index in [0.29, 0.717) is 34.4 Å². The van der Waals surface area contributed by atoms with Crippen LogP contribution in [0.1, 0.15) is 32.5 Å². The molecule has 1 amide bonds. The zero-order valence-corrected chi connectivity index (χ0v) is 18.4. The van der Waals surface area contributed by atoms with Crippen molar-refractivity contribution in [1.82, 2.24) is 39.8 Å². The maximum Gasteiger partial charge on any atom is 0.256 e. The lowest BCUT2D eigenvalue weighted by molar-refractivity contribution is -0.121. The zero-order chi connectivity index (χ0) is 23.3. The highest BCUT2D eigenvalue weighted by molar-refractivity contribution is 5.93. The van der Waals surface area contributed by atoms with Crippen LogP contribution in [0, 0.1) is 6.92 Å². The van der Waals surface area contributed by atoms with E-state index < -0.39 is 13.0 Å². The van der Waals surface area contributed by atoms with Crippen LogP contribution >= 0.6 is 0 Å². The Bertz CT molecular complexity index is 1360. The first-order chi connectivity index (χ1) is 15.7. The number of carbonyl (C=O) groups excluding carboxylic acids is 1. The Morgan fingerprint density at radius 3 is 2.79 bits per heavy atom. The number of aromatic amines is 1. The second-order valence-electron chi connectivity index (χ2n) is 8.71. The Morgan fingerprint density at radius 1 is 1.27 bits per heavy atom. The number of anilines is 1. The molecule has 1 aliphatic rings. The van der Waals surface area contributed by atoms with Crippen molar-refractivity contribution in [3.8, 4) is 11.3 Å². The van der Waals surface area contributed by atoms with Crippen molar-refractivity contribution in [3.05, 3.63) is 24.4 Å². The van der Waals surface area contributed by atoms with Crippen LogP contribution in [-0.4, -0.2) is 58.4 Å². The molecule has 1 fully saturated rings. The minimum atomic E-state index is -2.52. The minimum Gasteiger partial charge on any atom is -0.351 e. The number of hydrogen-bond donors (Lipinski definition) is 3. The number of amides is 1. The lowest BCUT2D eigenvalue weighted by Crippen LogP contribution is -2.59. The molecule has 10 nitrogen and oxygen atoms in total. The van der Waals surface area contributed by atoms with Crippen LogP contribution in [0.25, 0.3) is 33.6 Å². The van der Waals surface area contributed by atoms with Crippen LogP contribution in [0.5, 0.6) is 0 Å². The summed E-state index contributed by atoms with van der Waals surface area (Å²) in [6.45, 7) is 4.69. The summed E-state index contributed by atoms with van der Waals surface area (Å²) in [6, 6.07) is 0.167. The van der Waals surface area contributed by atoms with Gasteiger partial charge in [-0.3, -0.25) is 4.79 Å². The predicted molar refractivity (Wildman–Crippen MR) is 118 cm³/mol. The van der Waals surface area contributed by atoms with Crippen molar-refractivity contribution < 1.29 is 13.6 Å². The third-order valence-electron chi connectivity index (χ3n) is 5.88. The smallest absolute Gasteiger partial charge is 0.256 e. The number of hydrogen-bond acceptors (Lipinski definition) is 7. The molecule has 172 valence electrons. The number of nitrogens with one attached hydrogen (secondary N) is 3. The summed E-state index contributed by atoms with van der Waals surface area (Å²) in [4.78, 5) is 36.5. The van der Waals surface area contributed by atoms with Crippen molar-refractivity contribution in [2.45, 2.75) is 58.2 Å². The molecule has 12 heteroatoms. The fourth-order valence-corrected chi connectivity index (χ4v) is 4.51. The third kappa shape index (κ3) is 3.96. The van der Waals surface area contributed by atoms with E-state index in [9.17, 15) is 13.6 Å². The van der Waals surface area contributed by atoms with Gasteiger partial charge in [0.25, 0.3) is 6.43 Å². The van der Waals surface area contributed by atoms with Crippen LogP contribution < -0.4 is 10.6 Å². The number of aryl methyl sites for hydroxylation is 1. The summed E-state index contributed by atoms with van der Waals surface area (Å²) in [6.07, 6.45) is 4.04. The number of aromatic nitrogens is 7. The molecule has 33 heavy (non-hydrogen) atoms. The van der Waals surface area contributed by atoms with E-state index in [1.807, 2.05) is 6.92 Å². The van der Waals surface area contributed by atoms with E-state index in [0.717, 1.165) is 23.8 Å². The predicted octanol–water partition coefficient (Wildman–Crippen LogP) is 2.81. The van der Waals surface area contributed by atoms with E-state index >= 15 is 0 Å². The first-order valence-electron chi connectivity index (χ1n) is 10.6. The molecule has 0 aromatic carbocycles. The molecule has 0 atom stereocenters. The molecule has 0 aliphatic heterocycles. The van der Waals surface area contributed by atoms with Gasteiger partial charge in [-0.05, 0) is 26.7 Å². The molecule has 4 aromatic rings. The van der Waals surface area contributed by atoms with Crippen LogP contribution in [0.3, 0.4) is 0 Å². The standard InChI is InChI=1S/C21H23F2N9O/c1-10-27-18-19(32(10)9-16(22)23)29-15(8-25-18)13-6-24-17-14(13)7-26-20(30-17)28-12-4-21(3,5-12)31-11(2)33/h6-8,12,16H,4-5,9H2,1-3H3,(H,31,33)(H2,24,26,28,30). The number of imidazole rings is 1. The van der Waals surface area contributed by atoms with E-state index in [1.54, 1.807) is 25.5 Å². The van der Waals surface area contributed by atoms with Crippen LogP contribution in [0.4, 0.5) is 14.7 Å². The fourth-order valence-electron chi connectivity index (χ4n) is 4.51. The molecular formula is C21H23F2N9O. The molecule has 0 bridgehead atoms. The number of H-pyrrole nitrogens is 1. The summed E-state index contributed by atoms with van der Waals surface area (Å²) in [5, 5.41) is 7.00. The summed E-state index contributed by atoms with van der Waals surface area (Å²) in [7, 11) is 0. The largest absolute Gasteiger partial charge is 0.351 e. The second-order valence-corrected chi connectivity index (χ2v) is 8.71. The van der Waals surface area contributed by atoms with Crippen LogP contribution in [0.2, 0.25) is 0 Å². The molecule has 3 N–H and O–H groups in total. The van der Waals surface area contributed by atoms with Crippen molar-refractivity contribution in [2.24, 2.45) is 0 Å². The van der Waals surface area contributed by atoms with Gasteiger partial charge in [-0.1, -0.05) is 0 Å². The Kier molecular flexibility index (Phi) is 4.94. The molecular weight excluding hydrogens is 432 g/mol. The van der Waals surface area contributed by atoms with E-state index in [-0.39, 0.29) is 17.5 Å². The number of halogens is 2. The maximum absolute atomic E-state index is 13.0. The van der Waals surface area contributed by atoms with Crippen LogP contribution in [-0.2, 0) is 11.3 Å². The van der Waals surface area contributed by atoms with Gasteiger partial charge in [0, 0.05) is 41.8 Å². The Labute approximate surface area is 187 Å². The molecule has 0 radical (unpaired) electrons. The monoisotopic (exact) mass is 455 g/mol. The molecule has 5 rings (SSSR count). The lowest BCUT2D eigenvalue weighted by atomic mass is 9.74. The van der Waals surface area contributed by atoms with Gasteiger partial charge in [-0.15, -0.1) is 0 Å². The fraction of sp³-hybridized carbons (Fsp3) is 0.429. The molecule has 4 heterocycles. The number of alkyl halides is 2. The molecule has 0 unspecified atom stereocenters. The Balaban J connectivity index is 1.39. The second kappa shape index (κ2) is 7.71. The van der Waals surface area contributed by atoms with E-state index in [1.165, 1.54) is 11.5 Å². The summed E-state index contributed by atoms with van der Waals surface area (Å²) in [5.74, 6) is 0.880. The van der Waals surface area contributed by atoms with Gasteiger partial charge in [0.1, 0.15) is 11.5 Å². The zero-order valence-electron chi connectivity index (χ0n) is 18.4. The summed E-state index contributed by atoms with van der Waals surface area (Å²) in [5.41, 5.74) is 2.27. The van der Waals surface area contributed by atoms with Gasteiger partial charge in [0.2, 0.25) is 11.9 Å². The Morgan fingerprint density at radius 2 is 2.06 bits per heavy atom. The van der Waals surface area contributed by atoms with E-state index in [4.69, 9.17) is 0 Å². The topological polar surface area (TPSA) is 126 Å². The molecule has 1 aliphatic carbocycles.